The van der Waals surface area contributed by atoms with Gasteiger partial charge in [0.05, 0.1) is 6.61 Å². The van der Waals surface area contributed by atoms with Crippen molar-refractivity contribution in [1.29, 1.82) is 0 Å². The van der Waals surface area contributed by atoms with Crippen molar-refractivity contribution in [3.63, 3.8) is 0 Å². The summed E-state index contributed by atoms with van der Waals surface area (Å²) in [5.41, 5.74) is 8.59. The third-order valence-corrected chi connectivity index (χ3v) is 8.07. The molecule has 0 aliphatic carbocycles. The Hall–Kier alpha value is -2.37. The summed E-state index contributed by atoms with van der Waals surface area (Å²) >= 11 is 4.46. The van der Waals surface area contributed by atoms with E-state index in [0.717, 1.165) is 27.3 Å². The van der Waals surface area contributed by atoms with Crippen molar-refractivity contribution in [2.45, 2.75) is 37.9 Å². The third-order valence-electron chi connectivity index (χ3n) is 6.02. The summed E-state index contributed by atoms with van der Waals surface area (Å²) in [5.74, 6) is -0.0759. The minimum Gasteiger partial charge on any atom is -0.490 e. The van der Waals surface area contributed by atoms with Gasteiger partial charge in [0.15, 0.2) is 11.6 Å². The first-order chi connectivity index (χ1) is 15.1. The van der Waals surface area contributed by atoms with Crippen LogP contribution in [0.25, 0.3) is 21.5 Å². The van der Waals surface area contributed by atoms with E-state index >= 15 is 4.39 Å². The Balaban J connectivity index is 1.76. The fourth-order valence-electron chi connectivity index (χ4n) is 4.20. The summed E-state index contributed by atoms with van der Waals surface area (Å²) in [4.78, 5) is 0. The Morgan fingerprint density at radius 2 is 1.50 bits per heavy atom. The number of hydrogen-bond donors (Lipinski definition) is 2. The maximum atomic E-state index is 15.5. The van der Waals surface area contributed by atoms with Crippen molar-refractivity contribution in [2.75, 3.05) is 12.3 Å². The number of hydrogen-bond acceptors (Lipinski definition) is 4. The number of benzene rings is 4. The monoisotopic (exact) mass is 465 g/mol. The van der Waals surface area contributed by atoms with Crippen molar-refractivity contribution >= 4 is 49.7 Å². The second kappa shape index (κ2) is 8.53. The molecule has 0 bridgehead atoms. The lowest BCUT2D eigenvalue weighted by atomic mass is 9.82. The highest BCUT2D eigenvalue weighted by Crippen LogP contribution is 2.44. The topological polar surface area (TPSA) is 35.2 Å². The van der Waals surface area contributed by atoms with Gasteiger partial charge in [0.1, 0.15) is 0 Å². The predicted octanol–water partition coefficient (Wildman–Crippen LogP) is 7.88. The average molecular weight is 466 g/mol. The molecule has 0 unspecified atom stereocenters. The number of fused-ring (bicyclic) bond motifs is 2. The smallest absolute Gasteiger partial charge is 0.172 e. The molecule has 0 amide bonds. The fourth-order valence-corrected chi connectivity index (χ4v) is 4.76. The van der Waals surface area contributed by atoms with Gasteiger partial charge in [0, 0.05) is 21.2 Å². The molecule has 0 spiro atoms. The van der Waals surface area contributed by atoms with Crippen LogP contribution in [0.4, 0.5) is 10.1 Å². The quantitative estimate of drug-likeness (QED) is 0.173. The highest BCUT2D eigenvalue weighted by molar-refractivity contribution is 8.69. The molecule has 0 saturated heterocycles. The number of thiol groups is 1. The predicted molar refractivity (Wildman–Crippen MR) is 140 cm³/mol. The molecule has 2 N–H and O–H groups in total. The lowest BCUT2D eigenvalue weighted by molar-refractivity contribution is 0.233. The SMILES string of the molecule is CC(C)(COc1cc(C(C)(C)SS)c2ccccc2c1F)c1cc(N)cc2ccccc12. The van der Waals surface area contributed by atoms with E-state index in [2.05, 4.69) is 51.5 Å². The summed E-state index contributed by atoms with van der Waals surface area (Å²) < 4.78 is 21.3. The Morgan fingerprint density at radius 3 is 2.19 bits per heavy atom. The highest BCUT2D eigenvalue weighted by atomic mass is 33.1. The van der Waals surface area contributed by atoms with Gasteiger partial charge in [0.25, 0.3) is 0 Å². The first-order valence-electron chi connectivity index (χ1n) is 10.6. The molecule has 0 fully saturated rings. The summed E-state index contributed by atoms with van der Waals surface area (Å²) in [6, 6.07) is 21.5. The molecule has 0 radical (unpaired) electrons. The van der Waals surface area contributed by atoms with E-state index in [0.29, 0.717) is 17.7 Å². The van der Waals surface area contributed by atoms with Gasteiger partial charge in [-0.3, -0.25) is 0 Å². The van der Waals surface area contributed by atoms with Crippen molar-refractivity contribution < 1.29 is 9.13 Å². The minimum atomic E-state index is -0.388. The molecule has 0 saturated carbocycles. The second-order valence-corrected chi connectivity index (χ2v) is 11.1. The van der Waals surface area contributed by atoms with Crippen LogP contribution in [0.15, 0.2) is 66.7 Å². The number of halogens is 1. The minimum absolute atomic E-state index is 0.260. The first kappa shape index (κ1) is 22.8. The zero-order chi connectivity index (χ0) is 23.1. The molecule has 5 heteroatoms. The van der Waals surface area contributed by atoms with E-state index in [9.17, 15) is 0 Å². The average Bonchev–Trinajstić information content (AvgIpc) is 2.78. The Morgan fingerprint density at radius 1 is 0.875 bits per heavy atom. The second-order valence-electron chi connectivity index (χ2n) is 9.35. The van der Waals surface area contributed by atoms with Crippen LogP contribution in [0.3, 0.4) is 0 Å². The third kappa shape index (κ3) is 4.16. The van der Waals surface area contributed by atoms with E-state index in [1.165, 1.54) is 10.8 Å². The van der Waals surface area contributed by atoms with Crippen LogP contribution >= 0.6 is 22.5 Å². The van der Waals surface area contributed by atoms with E-state index in [4.69, 9.17) is 10.5 Å². The van der Waals surface area contributed by atoms with Gasteiger partial charge in [-0.1, -0.05) is 73.2 Å². The lowest BCUT2D eigenvalue weighted by Crippen LogP contribution is -2.27. The molecule has 32 heavy (non-hydrogen) atoms. The van der Waals surface area contributed by atoms with Crippen LogP contribution in [0.2, 0.25) is 0 Å². The number of ether oxygens (including phenoxy) is 1. The van der Waals surface area contributed by atoms with Gasteiger partial charge in [-0.25, -0.2) is 4.39 Å². The fraction of sp³-hybridized carbons (Fsp3) is 0.259. The van der Waals surface area contributed by atoms with Crippen LogP contribution in [0, 0.1) is 5.82 Å². The molecule has 0 heterocycles. The van der Waals surface area contributed by atoms with Crippen LogP contribution in [0.1, 0.15) is 38.8 Å². The van der Waals surface area contributed by atoms with Gasteiger partial charge in [-0.15, -0.1) is 11.7 Å². The summed E-state index contributed by atoms with van der Waals surface area (Å²) in [6.45, 7) is 8.67. The van der Waals surface area contributed by atoms with Crippen LogP contribution in [-0.4, -0.2) is 6.61 Å². The number of anilines is 1. The molecular formula is C27H28FNOS2. The van der Waals surface area contributed by atoms with Crippen LogP contribution in [-0.2, 0) is 10.2 Å². The standard InChI is InChI=1S/C27H28FNOS2/c1-26(2,22-14-18(29)13-17-9-5-6-10-19(17)22)16-30-24-15-23(27(3,4)32-31)20-11-7-8-12-21(20)25(24)28/h5-15,31H,16,29H2,1-4H3. The Bertz CT molecular complexity index is 1300. The zero-order valence-electron chi connectivity index (χ0n) is 18.8. The highest BCUT2D eigenvalue weighted by Gasteiger charge is 2.28. The maximum absolute atomic E-state index is 15.5. The van der Waals surface area contributed by atoms with E-state index in [-0.39, 0.29) is 21.7 Å². The molecule has 4 aromatic rings. The molecule has 0 atom stereocenters. The number of nitrogen functional groups attached to an aromatic ring is 1. The molecule has 166 valence electrons. The molecule has 0 aliphatic heterocycles. The molecule has 0 aromatic heterocycles. The Kier molecular flexibility index (Phi) is 6.08. The van der Waals surface area contributed by atoms with Gasteiger partial charge >= 0.3 is 0 Å². The van der Waals surface area contributed by atoms with Gasteiger partial charge in [-0.2, -0.15) is 0 Å². The van der Waals surface area contributed by atoms with Gasteiger partial charge in [0.2, 0.25) is 0 Å². The molecular weight excluding hydrogens is 437 g/mol. The largest absolute Gasteiger partial charge is 0.490 e. The normalized spacial score (nSPS) is 12.4. The maximum Gasteiger partial charge on any atom is 0.172 e. The van der Waals surface area contributed by atoms with Gasteiger partial charge in [-0.05, 0) is 59.3 Å². The summed E-state index contributed by atoms with van der Waals surface area (Å²) in [6.07, 6.45) is 0. The van der Waals surface area contributed by atoms with Crippen molar-refractivity contribution in [1.82, 2.24) is 0 Å². The Labute approximate surface area is 198 Å². The molecule has 4 rings (SSSR count). The number of nitrogens with two attached hydrogens (primary N) is 1. The van der Waals surface area contributed by atoms with Crippen LogP contribution in [0.5, 0.6) is 5.75 Å². The molecule has 2 nitrogen and oxygen atoms in total. The summed E-state index contributed by atoms with van der Waals surface area (Å²) in [7, 11) is 1.44. The van der Waals surface area contributed by atoms with Gasteiger partial charge < -0.3 is 10.5 Å². The van der Waals surface area contributed by atoms with E-state index in [1.54, 1.807) is 6.07 Å². The molecule has 4 aromatic carbocycles. The first-order valence-corrected chi connectivity index (χ1v) is 12.5. The zero-order valence-corrected chi connectivity index (χ0v) is 20.5. The van der Waals surface area contributed by atoms with E-state index in [1.807, 2.05) is 48.5 Å². The summed E-state index contributed by atoms with van der Waals surface area (Å²) in [5, 5.41) is 3.65. The van der Waals surface area contributed by atoms with Crippen LogP contribution < -0.4 is 10.5 Å². The van der Waals surface area contributed by atoms with Crippen molar-refractivity contribution in [2.24, 2.45) is 0 Å². The van der Waals surface area contributed by atoms with Crippen molar-refractivity contribution in [3.8, 4) is 5.75 Å². The van der Waals surface area contributed by atoms with E-state index < -0.39 is 0 Å². The lowest BCUT2D eigenvalue weighted by Gasteiger charge is -2.29. The van der Waals surface area contributed by atoms with Crippen molar-refractivity contribution in [3.05, 3.63) is 83.7 Å². The molecule has 0 aliphatic rings. The number of rotatable bonds is 6.